The molecule has 0 saturated carbocycles. The summed E-state index contributed by atoms with van der Waals surface area (Å²) in [5, 5.41) is 6.30. The normalized spacial score (nSPS) is 13.6. The first-order chi connectivity index (χ1) is 18.0. The first-order valence-electron chi connectivity index (χ1n) is 12.9. The van der Waals surface area contributed by atoms with Gasteiger partial charge in [0.15, 0.2) is 11.5 Å². The van der Waals surface area contributed by atoms with Gasteiger partial charge in [-0.05, 0) is 43.5 Å². The minimum atomic E-state index is -0.356. The second-order valence-electron chi connectivity index (χ2n) is 9.35. The SMILES string of the molecule is CCCCNC(=O)c1ccc(-c2cnc3c(NCCCN4CCCC4=O)nc4ccc(F)cc4n23)cc1. The Hall–Kier alpha value is -4.01. The van der Waals surface area contributed by atoms with Crippen LogP contribution in [0.4, 0.5) is 10.2 Å². The fourth-order valence-electron chi connectivity index (χ4n) is 4.72. The zero-order valence-electron chi connectivity index (χ0n) is 21.0. The van der Waals surface area contributed by atoms with Crippen LogP contribution in [-0.2, 0) is 4.79 Å². The maximum absolute atomic E-state index is 14.2. The largest absolute Gasteiger partial charge is 0.367 e. The van der Waals surface area contributed by atoms with Crippen LogP contribution in [0, 0.1) is 5.82 Å². The van der Waals surface area contributed by atoms with Crippen LogP contribution in [0.5, 0.6) is 0 Å². The van der Waals surface area contributed by atoms with Gasteiger partial charge in [-0.15, -0.1) is 0 Å². The van der Waals surface area contributed by atoms with Crippen molar-refractivity contribution in [2.45, 2.75) is 39.0 Å². The van der Waals surface area contributed by atoms with E-state index in [0.29, 0.717) is 54.1 Å². The van der Waals surface area contributed by atoms with Crippen LogP contribution < -0.4 is 10.6 Å². The number of halogens is 1. The molecule has 4 aromatic rings. The summed E-state index contributed by atoms with van der Waals surface area (Å²) in [5.74, 6) is 0.364. The van der Waals surface area contributed by atoms with Crippen LogP contribution in [0.2, 0.25) is 0 Å². The number of nitrogens with zero attached hydrogens (tertiary/aromatic N) is 4. The molecule has 192 valence electrons. The summed E-state index contributed by atoms with van der Waals surface area (Å²) in [6.07, 6.45) is 6.05. The van der Waals surface area contributed by atoms with Crippen LogP contribution in [0.1, 0.15) is 49.4 Å². The number of benzene rings is 2. The zero-order chi connectivity index (χ0) is 25.8. The van der Waals surface area contributed by atoms with Crippen LogP contribution in [-0.4, -0.2) is 57.3 Å². The minimum Gasteiger partial charge on any atom is -0.367 e. The number of unbranched alkanes of at least 4 members (excludes halogenated alkanes) is 1. The van der Waals surface area contributed by atoms with E-state index >= 15 is 0 Å². The standard InChI is InChI=1S/C28H31FN6O2/c1-2-3-13-31-28(37)20-9-7-19(8-10-20)24-18-32-27-26(30-14-5-16-34-15-4-6-25(34)36)33-22-12-11-21(29)17-23(22)35(24)27/h7-12,17-18H,2-6,13-16H2,1H3,(H,30,33)(H,31,37). The summed E-state index contributed by atoms with van der Waals surface area (Å²) in [6, 6.07) is 11.8. The molecule has 2 N–H and O–H groups in total. The monoisotopic (exact) mass is 502 g/mol. The highest BCUT2D eigenvalue weighted by atomic mass is 19.1. The Bertz CT molecular complexity index is 1430. The van der Waals surface area contributed by atoms with Gasteiger partial charge in [-0.2, -0.15) is 0 Å². The molecule has 9 heteroatoms. The average molecular weight is 503 g/mol. The molecule has 2 aromatic heterocycles. The highest BCUT2D eigenvalue weighted by Gasteiger charge is 2.20. The van der Waals surface area contributed by atoms with Crippen LogP contribution >= 0.6 is 0 Å². The molecule has 1 aliphatic rings. The Morgan fingerprint density at radius 1 is 1.11 bits per heavy atom. The molecule has 0 bridgehead atoms. The number of rotatable bonds is 10. The number of carbonyl (C=O) groups excluding carboxylic acids is 2. The summed E-state index contributed by atoms with van der Waals surface area (Å²) in [6.45, 7) is 4.90. The van der Waals surface area contributed by atoms with Gasteiger partial charge in [0.05, 0.1) is 22.9 Å². The van der Waals surface area contributed by atoms with Gasteiger partial charge in [-0.25, -0.2) is 14.4 Å². The lowest BCUT2D eigenvalue weighted by molar-refractivity contribution is -0.127. The van der Waals surface area contributed by atoms with E-state index in [2.05, 4.69) is 22.5 Å². The maximum atomic E-state index is 14.2. The fraction of sp³-hybridized carbons (Fsp3) is 0.357. The van der Waals surface area contributed by atoms with Crippen molar-refractivity contribution in [3.05, 3.63) is 60.0 Å². The van der Waals surface area contributed by atoms with E-state index in [1.807, 2.05) is 21.4 Å². The summed E-state index contributed by atoms with van der Waals surface area (Å²) >= 11 is 0. The summed E-state index contributed by atoms with van der Waals surface area (Å²) < 4.78 is 16.1. The van der Waals surface area contributed by atoms with E-state index < -0.39 is 0 Å². The second kappa shape index (κ2) is 10.9. The molecule has 8 nitrogen and oxygen atoms in total. The van der Waals surface area contributed by atoms with Gasteiger partial charge in [0.25, 0.3) is 5.91 Å². The molecule has 1 fully saturated rings. The number of amides is 2. The van der Waals surface area contributed by atoms with Crippen molar-refractivity contribution in [2.75, 3.05) is 31.5 Å². The van der Waals surface area contributed by atoms with E-state index in [0.717, 1.165) is 43.5 Å². The van der Waals surface area contributed by atoms with Gasteiger partial charge in [0.1, 0.15) is 5.82 Å². The lowest BCUT2D eigenvalue weighted by Gasteiger charge is -2.16. The Kier molecular flexibility index (Phi) is 7.30. The van der Waals surface area contributed by atoms with Crippen molar-refractivity contribution in [3.8, 4) is 11.3 Å². The molecule has 0 unspecified atom stereocenters. The molecule has 0 radical (unpaired) electrons. The van der Waals surface area contributed by atoms with Crippen molar-refractivity contribution < 1.29 is 14.0 Å². The maximum Gasteiger partial charge on any atom is 0.251 e. The van der Waals surface area contributed by atoms with Crippen molar-refractivity contribution >= 4 is 34.3 Å². The van der Waals surface area contributed by atoms with Crippen molar-refractivity contribution in [1.29, 1.82) is 0 Å². The highest BCUT2D eigenvalue weighted by molar-refractivity contribution is 5.95. The lowest BCUT2D eigenvalue weighted by atomic mass is 10.1. The Labute approximate surface area is 214 Å². The summed E-state index contributed by atoms with van der Waals surface area (Å²) in [4.78, 5) is 35.5. The molecule has 0 spiro atoms. The second-order valence-corrected chi connectivity index (χ2v) is 9.35. The van der Waals surface area contributed by atoms with E-state index in [-0.39, 0.29) is 17.6 Å². The van der Waals surface area contributed by atoms with E-state index in [1.165, 1.54) is 12.1 Å². The molecular weight excluding hydrogens is 471 g/mol. The zero-order valence-corrected chi connectivity index (χ0v) is 21.0. The number of nitrogens with one attached hydrogen (secondary N) is 2. The van der Waals surface area contributed by atoms with Crippen LogP contribution in [0.25, 0.3) is 27.9 Å². The number of imidazole rings is 1. The average Bonchev–Trinajstić information content (AvgIpc) is 3.53. The number of hydrogen-bond acceptors (Lipinski definition) is 5. The first kappa shape index (κ1) is 24.7. The number of hydrogen-bond donors (Lipinski definition) is 2. The minimum absolute atomic E-state index is 0.100. The molecule has 0 atom stereocenters. The van der Waals surface area contributed by atoms with E-state index in [9.17, 15) is 14.0 Å². The molecule has 0 aliphatic carbocycles. The number of anilines is 1. The van der Waals surface area contributed by atoms with E-state index in [4.69, 9.17) is 4.98 Å². The molecule has 5 rings (SSSR count). The summed E-state index contributed by atoms with van der Waals surface area (Å²) in [5.41, 5.74) is 4.05. The Morgan fingerprint density at radius 3 is 2.70 bits per heavy atom. The predicted molar refractivity (Wildman–Crippen MR) is 142 cm³/mol. The summed E-state index contributed by atoms with van der Waals surface area (Å²) in [7, 11) is 0. The molecule has 3 heterocycles. The molecule has 2 aromatic carbocycles. The molecule has 37 heavy (non-hydrogen) atoms. The van der Waals surface area contributed by atoms with Gasteiger partial charge < -0.3 is 15.5 Å². The Balaban J connectivity index is 1.42. The van der Waals surface area contributed by atoms with Gasteiger partial charge in [-0.1, -0.05) is 25.5 Å². The molecule has 1 aliphatic heterocycles. The van der Waals surface area contributed by atoms with Gasteiger partial charge in [0.2, 0.25) is 5.91 Å². The molecule has 1 saturated heterocycles. The number of fused-ring (bicyclic) bond motifs is 3. The van der Waals surface area contributed by atoms with Gasteiger partial charge in [-0.3, -0.25) is 14.0 Å². The third-order valence-corrected chi connectivity index (χ3v) is 6.71. The van der Waals surface area contributed by atoms with Crippen LogP contribution in [0.3, 0.4) is 0 Å². The quantitative estimate of drug-likeness (QED) is 0.308. The molecular formula is C28H31FN6O2. The molecule has 2 amide bonds. The van der Waals surface area contributed by atoms with Gasteiger partial charge in [0, 0.05) is 49.8 Å². The predicted octanol–water partition coefficient (Wildman–Crippen LogP) is 4.64. The number of likely N-dealkylation sites (tertiary alicyclic amines) is 1. The lowest BCUT2D eigenvalue weighted by Crippen LogP contribution is -2.27. The number of carbonyl (C=O) groups is 2. The van der Waals surface area contributed by atoms with Gasteiger partial charge >= 0.3 is 0 Å². The fourth-order valence-corrected chi connectivity index (χ4v) is 4.72. The third kappa shape index (κ3) is 5.26. The van der Waals surface area contributed by atoms with Crippen molar-refractivity contribution in [3.63, 3.8) is 0 Å². The third-order valence-electron chi connectivity index (χ3n) is 6.71. The Morgan fingerprint density at radius 2 is 1.95 bits per heavy atom. The smallest absolute Gasteiger partial charge is 0.251 e. The van der Waals surface area contributed by atoms with Crippen LogP contribution in [0.15, 0.2) is 48.7 Å². The first-order valence-corrected chi connectivity index (χ1v) is 12.9. The topological polar surface area (TPSA) is 91.6 Å². The van der Waals surface area contributed by atoms with Crippen molar-refractivity contribution in [2.24, 2.45) is 0 Å². The number of aromatic nitrogens is 3. The van der Waals surface area contributed by atoms with Crippen molar-refractivity contribution in [1.82, 2.24) is 24.6 Å². The van der Waals surface area contributed by atoms with E-state index in [1.54, 1.807) is 24.4 Å². The highest BCUT2D eigenvalue weighted by Crippen LogP contribution is 2.29.